The quantitative estimate of drug-likeness (QED) is 0.640. The average Bonchev–Trinajstić information content (AvgIpc) is 2.94. The standard InChI is InChI=1S/C17H19N5O/c18-15-14-16(20-8-19-14)22-13(21-15)2-1-12-11-4-9-3-10(5-11)7-17(12,23)6-9/h8-12,23H,3-7H2,(H3,18,19,20,21,22). The molecule has 0 amide bonds. The van der Waals surface area contributed by atoms with E-state index in [1.54, 1.807) is 6.33 Å². The Morgan fingerprint density at radius 3 is 2.74 bits per heavy atom. The number of hydrogen-bond acceptors (Lipinski definition) is 5. The van der Waals surface area contributed by atoms with Crippen molar-refractivity contribution >= 4 is 17.0 Å². The van der Waals surface area contributed by atoms with Crippen molar-refractivity contribution in [2.45, 2.75) is 37.7 Å². The van der Waals surface area contributed by atoms with Crippen LogP contribution in [0, 0.1) is 35.5 Å². The summed E-state index contributed by atoms with van der Waals surface area (Å²) in [7, 11) is 0. The minimum Gasteiger partial charge on any atom is -0.389 e. The molecule has 0 aliphatic heterocycles. The molecule has 6 heteroatoms. The smallest absolute Gasteiger partial charge is 0.208 e. The molecule has 118 valence electrons. The van der Waals surface area contributed by atoms with E-state index in [0.717, 1.165) is 12.8 Å². The lowest BCUT2D eigenvalue weighted by molar-refractivity contribution is -0.152. The first-order valence-electron chi connectivity index (χ1n) is 8.31. The van der Waals surface area contributed by atoms with Gasteiger partial charge in [0.25, 0.3) is 0 Å². The number of nitrogens with two attached hydrogens (primary N) is 1. The van der Waals surface area contributed by atoms with E-state index < -0.39 is 5.60 Å². The minimum atomic E-state index is -0.606. The Bertz CT molecular complexity index is 834. The van der Waals surface area contributed by atoms with Gasteiger partial charge in [0, 0.05) is 0 Å². The molecule has 3 atom stereocenters. The van der Waals surface area contributed by atoms with Crippen LogP contribution in [0.15, 0.2) is 6.33 Å². The van der Waals surface area contributed by atoms with E-state index in [4.69, 9.17) is 5.73 Å². The largest absolute Gasteiger partial charge is 0.389 e. The van der Waals surface area contributed by atoms with Crippen molar-refractivity contribution in [2.24, 2.45) is 23.7 Å². The summed E-state index contributed by atoms with van der Waals surface area (Å²) >= 11 is 0. The molecule has 4 bridgehead atoms. The number of aliphatic hydroxyl groups is 1. The van der Waals surface area contributed by atoms with E-state index in [2.05, 4.69) is 31.8 Å². The second kappa shape index (κ2) is 4.45. The third kappa shape index (κ3) is 1.96. The molecule has 0 aromatic carbocycles. The van der Waals surface area contributed by atoms with Crippen molar-refractivity contribution in [3.63, 3.8) is 0 Å². The van der Waals surface area contributed by atoms with Gasteiger partial charge in [0.15, 0.2) is 11.5 Å². The Morgan fingerprint density at radius 1 is 1.22 bits per heavy atom. The Labute approximate surface area is 133 Å². The highest BCUT2D eigenvalue weighted by Gasteiger charge is 2.55. The second-order valence-electron chi connectivity index (χ2n) is 7.49. The highest BCUT2D eigenvalue weighted by molar-refractivity contribution is 5.81. The van der Waals surface area contributed by atoms with Crippen molar-refractivity contribution in [3.8, 4) is 11.8 Å². The van der Waals surface area contributed by atoms with E-state index in [0.29, 0.717) is 40.6 Å². The SMILES string of the molecule is Nc1nc(C#CC2C3CC4CC(C3)CC2(O)C4)nc2[nH]cnc12. The minimum absolute atomic E-state index is 0.0394. The fraction of sp³-hybridized carbons (Fsp3) is 0.588. The number of nitrogen functional groups attached to an aromatic ring is 1. The molecule has 0 spiro atoms. The van der Waals surface area contributed by atoms with E-state index in [1.807, 2.05) is 0 Å². The third-order valence-corrected chi connectivity index (χ3v) is 5.92. The lowest BCUT2D eigenvalue weighted by Crippen LogP contribution is -2.56. The number of nitrogens with one attached hydrogen (secondary N) is 1. The highest BCUT2D eigenvalue weighted by Crippen LogP contribution is 2.58. The molecule has 4 aliphatic rings. The zero-order valence-electron chi connectivity index (χ0n) is 12.8. The Kier molecular flexibility index (Phi) is 2.58. The van der Waals surface area contributed by atoms with Gasteiger partial charge in [-0.05, 0) is 55.8 Å². The van der Waals surface area contributed by atoms with Gasteiger partial charge < -0.3 is 15.8 Å². The van der Waals surface area contributed by atoms with Gasteiger partial charge >= 0.3 is 0 Å². The Balaban J connectivity index is 1.50. The van der Waals surface area contributed by atoms with Crippen LogP contribution in [0.2, 0.25) is 0 Å². The predicted octanol–water partition coefficient (Wildman–Crippen LogP) is 1.47. The first-order valence-corrected chi connectivity index (χ1v) is 8.31. The molecule has 2 heterocycles. The second-order valence-corrected chi connectivity index (χ2v) is 7.49. The summed E-state index contributed by atoms with van der Waals surface area (Å²) in [6, 6.07) is 0. The molecule has 4 saturated carbocycles. The number of H-pyrrole nitrogens is 1. The molecule has 23 heavy (non-hydrogen) atoms. The van der Waals surface area contributed by atoms with E-state index in [9.17, 15) is 5.11 Å². The van der Waals surface area contributed by atoms with Gasteiger partial charge in [-0.1, -0.05) is 5.92 Å². The van der Waals surface area contributed by atoms with Gasteiger partial charge in [0.2, 0.25) is 5.82 Å². The lowest BCUT2D eigenvalue weighted by atomic mass is 9.50. The summed E-state index contributed by atoms with van der Waals surface area (Å²) in [5, 5.41) is 11.0. The monoisotopic (exact) mass is 309 g/mol. The van der Waals surface area contributed by atoms with Crippen molar-refractivity contribution in [3.05, 3.63) is 12.2 Å². The maximum absolute atomic E-state index is 11.0. The van der Waals surface area contributed by atoms with Crippen molar-refractivity contribution < 1.29 is 5.11 Å². The summed E-state index contributed by atoms with van der Waals surface area (Å²) in [4.78, 5) is 15.6. The van der Waals surface area contributed by atoms with E-state index in [-0.39, 0.29) is 5.92 Å². The lowest BCUT2D eigenvalue weighted by Gasteiger charge is -2.57. The van der Waals surface area contributed by atoms with Crippen LogP contribution in [0.4, 0.5) is 5.82 Å². The molecule has 3 unspecified atom stereocenters. The number of nitrogens with zero attached hydrogens (tertiary/aromatic N) is 3. The first-order chi connectivity index (χ1) is 11.1. The van der Waals surface area contributed by atoms with Crippen LogP contribution in [0.25, 0.3) is 11.2 Å². The van der Waals surface area contributed by atoms with Crippen LogP contribution in [0.5, 0.6) is 0 Å². The molecule has 6 rings (SSSR count). The molecule has 0 saturated heterocycles. The Hall–Kier alpha value is -2.13. The topological polar surface area (TPSA) is 101 Å². The maximum Gasteiger partial charge on any atom is 0.208 e. The molecule has 2 aromatic rings. The molecule has 2 aromatic heterocycles. The number of hydrogen-bond donors (Lipinski definition) is 3. The van der Waals surface area contributed by atoms with Crippen LogP contribution in [-0.2, 0) is 0 Å². The molecule has 4 aliphatic carbocycles. The number of fused-ring (bicyclic) bond motifs is 1. The van der Waals surface area contributed by atoms with Gasteiger partial charge in [0.1, 0.15) is 5.52 Å². The molecular formula is C17H19N5O. The van der Waals surface area contributed by atoms with Gasteiger partial charge in [-0.3, -0.25) is 0 Å². The summed E-state index contributed by atoms with van der Waals surface area (Å²) in [6.07, 6.45) is 7.08. The van der Waals surface area contributed by atoms with Crippen LogP contribution >= 0.6 is 0 Å². The molecule has 6 nitrogen and oxygen atoms in total. The first kappa shape index (κ1) is 13.3. The average molecular weight is 309 g/mol. The van der Waals surface area contributed by atoms with Crippen LogP contribution in [-0.4, -0.2) is 30.6 Å². The number of anilines is 1. The van der Waals surface area contributed by atoms with Crippen LogP contribution in [0.3, 0.4) is 0 Å². The highest BCUT2D eigenvalue weighted by atomic mass is 16.3. The molecule has 4 fully saturated rings. The van der Waals surface area contributed by atoms with E-state index >= 15 is 0 Å². The maximum atomic E-state index is 11.0. The van der Waals surface area contributed by atoms with Gasteiger partial charge in [0.05, 0.1) is 17.8 Å². The van der Waals surface area contributed by atoms with Gasteiger partial charge in [-0.2, -0.15) is 0 Å². The fourth-order valence-electron chi connectivity index (χ4n) is 5.31. The van der Waals surface area contributed by atoms with Gasteiger partial charge in [-0.15, -0.1) is 0 Å². The number of aromatic amines is 1. The van der Waals surface area contributed by atoms with Crippen molar-refractivity contribution in [2.75, 3.05) is 5.73 Å². The number of rotatable bonds is 0. The van der Waals surface area contributed by atoms with Gasteiger partial charge in [-0.25, -0.2) is 15.0 Å². The number of imidazole rings is 1. The summed E-state index contributed by atoms with van der Waals surface area (Å²) in [6.45, 7) is 0. The van der Waals surface area contributed by atoms with E-state index in [1.165, 1.54) is 19.3 Å². The van der Waals surface area contributed by atoms with Crippen molar-refractivity contribution in [1.29, 1.82) is 0 Å². The fourth-order valence-corrected chi connectivity index (χ4v) is 5.31. The number of aromatic nitrogens is 4. The van der Waals surface area contributed by atoms with Crippen LogP contribution in [0.1, 0.15) is 37.9 Å². The zero-order valence-corrected chi connectivity index (χ0v) is 12.8. The Morgan fingerprint density at radius 2 is 2.00 bits per heavy atom. The van der Waals surface area contributed by atoms with Crippen molar-refractivity contribution in [1.82, 2.24) is 19.9 Å². The van der Waals surface area contributed by atoms with Crippen LogP contribution < -0.4 is 5.73 Å². The zero-order chi connectivity index (χ0) is 15.6. The summed E-state index contributed by atoms with van der Waals surface area (Å²) < 4.78 is 0. The molecular weight excluding hydrogens is 290 g/mol. The molecule has 4 N–H and O–H groups in total. The third-order valence-electron chi connectivity index (χ3n) is 5.92. The summed E-state index contributed by atoms with van der Waals surface area (Å²) in [5.41, 5.74) is 6.47. The summed E-state index contributed by atoms with van der Waals surface area (Å²) in [5.74, 6) is 9.04. The predicted molar refractivity (Wildman–Crippen MR) is 85.0 cm³/mol. The molecule has 0 radical (unpaired) electrons. The normalized spacial score (nSPS) is 37.8.